The van der Waals surface area contributed by atoms with Crippen molar-refractivity contribution in [1.29, 1.82) is 0 Å². The predicted octanol–water partition coefficient (Wildman–Crippen LogP) is 3.22. The molecule has 1 aliphatic heterocycles. The van der Waals surface area contributed by atoms with E-state index >= 15 is 0 Å². The number of aromatic nitrogens is 3. The Balaban J connectivity index is 1.62. The molecule has 2 heterocycles. The lowest BCUT2D eigenvalue weighted by molar-refractivity contribution is 0.0253. The van der Waals surface area contributed by atoms with Crippen LogP contribution in [-0.4, -0.2) is 52.6 Å². The summed E-state index contributed by atoms with van der Waals surface area (Å²) >= 11 is 0. The van der Waals surface area contributed by atoms with E-state index in [0.29, 0.717) is 12.2 Å². The summed E-state index contributed by atoms with van der Waals surface area (Å²) < 4.78 is 5.46. The minimum Gasteiger partial charge on any atom is -0.379 e. The SMILES string of the molecule is CC(Nc1nnc(-c2ccccc2)nc1Cc1ccccc1)N1CCOCC1. The maximum absolute atomic E-state index is 5.46. The third-order valence-corrected chi connectivity index (χ3v) is 4.94. The number of hydrogen-bond acceptors (Lipinski definition) is 6. The maximum atomic E-state index is 5.46. The topological polar surface area (TPSA) is 63.2 Å². The Morgan fingerprint density at radius 1 is 0.964 bits per heavy atom. The van der Waals surface area contributed by atoms with Crippen molar-refractivity contribution in [3.05, 3.63) is 71.9 Å². The smallest absolute Gasteiger partial charge is 0.182 e. The first-order valence-corrected chi connectivity index (χ1v) is 9.71. The lowest BCUT2D eigenvalue weighted by atomic mass is 10.1. The molecule has 1 fully saturated rings. The van der Waals surface area contributed by atoms with E-state index in [1.54, 1.807) is 0 Å². The minimum atomic E-state index is 0.136. The van der Waals surface area contributed by atoms with Gasteiger partial charge in [0.15, 0.2) is 11.6 Å². The van der Waals surface area contributed by atoms with E-state index in [1.165, 1.54) is 5.56 Å². The van der Waals surface area contributed by atoms with Gasteiger partial charge in [-0.05, 0) is 12.5 Å². The molecule has 1 unspecified atom stereocenters. The average Bonchev–Trinajstić information content (AvgIpc) is 2.77. The van der Waals surface area contributed by atoms with E-state index in [1.807, 2.05) is 48.5 Å². The highest BCUT2D eigenvalue weighted by atomic mass is 16.5. The second-order valence-corrected chi connectivity index (χ2v) is 6.93. The van der Waals surface area contributed by atoms with Crippen molar-refractivity contribution in [3.63, 3.8) is 0 Å². The molecule has 1 N–H and O–H groups in total. The molecule has 28 heavy (non-hydrogen) atoms. The van der Waals surface area contributed by atoms with Gasteiger partial charge in [0, 0.05) is 25.1 Å². The van der Waals surface area contributed by atoms with Gasteiger partial charge in [0.2, 0.25) is 0 Å². The fourth-order valence-electron chi connectivity index (χ4n) is 3.35. The van der Waals surface area contributed by atoms with Gasteiger partial charge in [0.05, 0.1) is 25.1 Å². The molecule has 2 aromatic carbocycles. The first kappa shape index (κ1) is 18.5. The molecular formula is C22H25N5O. The first-order valence-electron chi connectivity index (χ1n) is 9.71. The molecule has 144 valence electrons. The lowest BCUT2D eigenvalue weighted by Crippen LogP contribution is -2.46. The normalized spacial score (nSPS) is 15.9. The summed E-state index contributed by atoms with van der Waals surface area (Å²) in [6.07, 6.45) is 0.839. The molecule has 6 nitrogen and oxygen atoms in total. The molecule has 4 rings (SSSR count). The van der Waals surface area contributed by atoms with Crippen LogP contribution in [0.2, 0.25) is 0 Å². The van der Waals surface area contributed by atoms with Crippen LogP contribution in [0.25, 0.3) is 11.4 Å². The molecule has 1 aliphatic rings. The van der Waals surface area contributed by atoms with E-state index in [-0.39, 0.29) is 6.17 Å². The predicted molar refractivity (Wildman–Crippen MR) is 110 cm³/mol. The van der Waals surface area contributed by atoms with Crippen molar-refractivity contribution in [3.8, 4) is 11.4 Å². The van der Waals surface area contributed by atoms with Crippen LogP contribution in [0.5, 0.6) is 0 Å². The molecule has 6 heteroatoms. The summed E-state index contributed by atoms with van der Waals surface area (Å²) in [6, 6.07) is 20.3. The van der Waals surface area contributed by atoms with E-state index in [2.05, 4.69) is 39.5 Å². The van der Waals surface area contributed by atoms with Gasteiger partial charge in [0.25, 0.3) is 0 Å². The van der Waals surface area contributed by atoms with Gasteiger partial charge in [-0.3, -0.25) is 4.90 Å². The zero-order valence-corrected chi connectivity index (χ0v) is 16.1. The second-order valence-electron chi connectivity index (χ2n) is 6.93. The van der Waals surface area contributed by atoms with Crippen LogP contribution in [0, 0.1) is 0 Å². The largest absolute Gasteiger partial charge is 0.379 e. The molecular weight excluding hydrogens is 350 g/mol. The van der Waals surface area contributed by atoms with Crippen LogP contribution >= 0.6 is 0 Å². The summed E-state index contributed by atoms with van der Waals surface area (Å²) in [5, 5.41) is 12.4. The highest BCUT2D eigenvalue weighted by Gasteiger charge is 2.19. The van der Waals surface area contributed by atoms with Crippen LogP contribution in [0.4, 0.5) is 5.82 Å². The Morgan fingerprint density at radius 3 is 2.36 bits per heavy atom. The molecule has 0 spiro atoms. The average molecular weight is 375 g/mol. The quantitative estimate of drug-likeness (QED) is 0.714. The van der Waals surface area contributed by atoms with Crippen molar-refractivity contribution < 1.29 is 4.74 Å². The Labute approximate surface area is 165 Å². The van der Waals surface area contributed by atoms with Crippen LogP contribution in [0.15, 0.2) is 60.7 Å². The van der Waals surface area contributed by atoms with Gasteiger partial charge in [0.1, 0.15) is 0 Å². The van der Waals surface area contributed by atoms with Gasteiger partial charge in [-0.1, -0.05) is 60.7 Å². The fraction of sp³-hybridized carbons (Fsp3) is 0.318. The van der Waals surface area contributed by atoms with E-state index in [4.69, 9.17) is 9.72 Å². The molecule has 0 radical (unpaired) electrons. The molecule has 3 aromatic rings. The molecule has 0 aliphatic carbocycles. The second kappa shape index (κ2) is 8.91. The van der Waals surface area contributed by atoms with Crippen molar-refractivity contribution in [2.45, 2.75) is 19.5 Å². The van der Waals surface area contributed by atoms with Gasteiger partial charge in [-0.15, -0.1) is 10.2 Å². The van der Waals surface area contributed by atoms with Gasteiger partial charge in [-0.2, -0.15) is 0 Å². The number of ether oxygens (including phenoxy) is 1. The van der Waals surface area contributed by atoms with Gasteiger partial charge >= 0.3 is 0 Å². The number of nitrogens with one attached hydrogen (secondary N) is 1. The number of benzene rings is 2. The molecule has 0 bridgehead atoms. The summed E-state index contributed by atoms with van der Waals surface area (Å²) in [5.41, 5.74) is 3.07. The van der Waals surface area contributed by atoms with E-state index in [0.717, 1.165) is 43.4 Å². The Morgan fingerprint density at radius 2 is 1.64 bits per heavy atom. The highest BCUT2D eigenvalue weighted by molar-refractivity contribution is 5.56. The number of nitrogens with zero attached hydrogens (tertiary/aromatic N) is 4. The lowest BCUT2D eigenvalue weighted by Gasteiger charge is -2.33. The third-order valence-electron chi connectivity index (χ3n) is 4.94. The number of rotatable bonds is 6. The van der Waals surface area contributed by atoms with Crippen molar-refractivity contribution in [1.82, 2.24) is 20.1 Å². The number of anilines is 1. The molecule has 1 atom stereocenters. The molecule has 1 aromatic heterocycles. The Kier molecular flexibility index (Phi) is 5.89. The zero-order valence-electron chi connectivity index (χ0n) is 16.1. The first-order chi connectivity index (χ1) is 13.8. The highest BCUT2D eigenvalue weighted by Crippen LogP contribution is 2.20. The van der Waals surface area contributed by atoms with E-state index in [9.17, 15) is 0 Å². The van der Waals surface area contributed by atoms with Crippen LogP contribution in [0.1, 0.15) is 18.2 Å². The van der Waals surface area contributed by atoms with Gasteiger partial charge in [-0.25, -0.2) is 4.98 Å². The van der Waals surface area contributed by atoms with E-state index < -0.39 is 0 Å². The summed E-state index contributed by atoms with van der Waals surface area (Å²) in [5.74, 6) is 1.39. The monoisotopic (exact) mass is 375 g/mol. The Bertz CT molecular complexity index is 882. The van der Waals surface area contributed by atoms with Crippen molar-refractivity contribution >= 4 is 5.82 Å². The van der Waals surface area contributed by atoms with Crippen molar-refractivity contribution in [2.24, 2.45) is 0 Å². The van der Waals surface area contributed by atoms with Crippen LogP contribution in [-0.2, 0) is 11.2 Å². The Hall–Kier alpha value is -2.83. The van der Waals surface area contributed by atoms with Crippen molar-refractivity contribution in [2.75, 3.05) is 31.6 Å². The molecule has 0 saturated carbocycles. The van der Waals surface area contributed by atoms with Gasteiger partial charge < -0.3 is 10.1 Å². The zero-order chi connectivity index (χ0) is 19.2. The molecule has 0 amide bonds. The van der Waals surface area contributed by atoms with Crippen LogP contribution < -0.4 is 5.32 Å². The summed E-state index contributed by atoms with van der Waals surface area (Å²) in [4.78, 5) is 7.21. The third kappa shape index (κ3) is 4.52. The summed E-state index contributed by atoms with van der Waals surface area (Å²) in [6.45, 7) is 5.49. The number of morpholine rings is 1. The summed E-state index contributed by atoms with van der Waals surface area (Å²) in [7, 11) is 0. The molecule has 1 saturated heterocycles. The standard InChI is InChI=1S/C22H25N5O/c1-17(27-12-14-28-15-13-27)23-22-20(16-18-8-4-2-5-9-18)24-21(25-26-22)19-10-6-3-7-11-19/h2-11,17H,12-16H2,1H3,(H,23,26). The number of hydrogen-bond donors (Lipinski definition) is 1. The minimum absolute atomic E-state index is 0.136. The fourth-order valence-corrected chi connectivity index (χ4v) is 3.35. The van der Waals surface area contributed by atoms with Crippen LogP contribution in [0.3, 0.4) is 0 Å². The maximum Gasteiger partial charge on any atom is 0.182 e.